The highest BCUT2D eigenvalue weighted by molar-refractivity contribution is 5.81. The summed E-state index contributed by atoms with van der Waals surface area (Å²) in [5.74, 6) is 1.47. The van der Waals surface area contributed by atoms with E-state index in [1.165, 1.54) is 37.7 Å². The quantitative estimate of drug-likeness (QED) is 0.814. The first-order chi connectivity index (χ1) is 10.7. The first kappa shape index (κ1) is 16.8. The van der Waals surface area contributed by atoms with Crippen molar-refractivity contribution in [3.8, 4) is 5.75 Å². The lowest BCUT2D eigenvalue weighted by atomic mass is 9.85. The normalized spacial score (nSPS) is 17.0. The third-order valence-corrected chi connectivity index (χ3v) is 4.52. The molecule has 1 aliphatic carbocycles. The second-order valence-electron chi connectivity index (χ2n) is 6.24. The Hall–Kier alpha value is -1.55. The number of nitrogens with two attached hydrogens (primary N) is 1. The van der Waals surface area contributed by atoms with Gasteiger partial charge in [0.05, 0.1) is 13.2 Å². The van der Waals surface area contributed by atoms with E-state index in [0.717, 1.165) is 18.6 Å². The predicted octanol–water partition coefficient (Wildman–Crippen LogP) is 2.65. The van der Waals surface area contributed by atoms with Crippen LogP contribution in [0, 0.1) is 5.92 Å². The van der Waals surface area contributed by atoms with Gasteiger partial charge in [0.25, 0.3) is 0 Å². The molecule has 0 spiro atoms. The first-order valence-electron chi connectivity index (χ1n) is 8.35. The molecule has 0 heterocycles. The van der Waals surface area contributed by atoms with E-state index < -0.39 is 0 Å². The molecule has 0 aliphatic heterocycles. The van der Waals surface area contributed by atoms with Gasteiger partial charge in [-0.25, -0.2) is 0 Å². The summed E-state index contributed by atoms with van der Waals surface area (Å²) in [4.78, 5) is 12.1. The summed E-state index contributed by atoms with van der Waals surface area (Å²) in [6, 6.07) is 7.55. The van der Waals surface area contributed by atoms with Crippen molar-refractivity contribution < 1.29 is 9.53 Å². The maximum Gasteiger partial charge on any atom is 0.236 e. The molecule has 1 atom stereocenters. The Labute approximate surface area is 133 Å². The number of nitrogens with one attached hydrogen (secondary N) is 1. The molecule has 0 bridgehead atoms. The number of benzene rings is 1. The van der Waals surface area contributed by atoms with Crippen LogP contribution in [-0.4, -0.2) is 25.6 Å². The van der Waals surface area contributed by atoms with Crippen LogP contribution in [0.1, 0.15) is 44.1 Å². The minimum atomic E-state index is -0.362. The van der Waals surface area contributed by atoms with Gasteiger partial charge in [0.1, 0.15) is 5.75 Å². The Morgan fingerprint density at radius 2 is 1.95 bits per heavy atom. The van der Waals surface area contributed by atoms with E-state index in [0.29, 0.717) is 12.5 Å². The second-order valence-corrected chi connectivity index (χ2v) is 6.24. The van der Waals surface area contributed by atoms with Crippen LogP contribution >= 0.6 is 0 Å². The minimum absolute atomic E-state index is 0.0147. The molecule has 1 aliphatic rings. The van der Waals surface area contributed by atoms with Crippen molar-refractivity contribution in [1.29, 1.82) is 0 Å². The van der Waals surface area contributed by atoms with E-state index in [4.69, 9.17) is 10.5 Å². The molecule has 1 aromatic carbocycles. The van der Waals surface area contributed by atoms with Gasteiger partial charge < -0.3 is 15.8 Å². The second kappa shape index (κ2) is 8.79. The number of carbonyl (C=O) groups excluding carboxylic acids is 1. The monoisotopic (exact) mass is 304 g/mol. The zero-order chi connectivity index (χ0) is 15.8. The highest BCUT2D eigenvalue weighted by Crippen LogP contribution is 2.26. The lowest BCUT2D eigenvalue weighted by Gasteiger charge is -2.24. The zero-order valence-electron chi connectivity index (χ0n) is 13.5. The van der Waals surface area contributed by atoms with Crippen molar-refractivity contribution >= 4 is 5.91 Å². The molecular weight excluding hydrogens is 276 g/mol. The Balaban J connectivity index is 1.67. The molecule has 2 rings (SSSR count). The van der Waals surface area contributed by atoms with Gasteiger partial charge >= 0.3 is 0 Å². The largest absolute Gasteiger partial charge is 0.497 e. The predicted molar refractivity (Wildman–Crippen MR) is 88.9 cm³/mol. The molecule has 1 aromatic rings. The molecule has 1 unspecified atom stereocenters. The fraction of sp³-hybridized carbons (Fsp3) is 0.611. The van der Waals surface area contributed by atoms with E-state index in [-0.39, 0.29) is 11.9 Å². The molecule has 1 amide bonds. The smallest absolute Gasteiger partial charge is 0.236 e. The Bertz CT molecular complexity index is 453. The molecule has 4 nitrogen and oxygen atoms in total. The van der Waals surface area contributed by atoms with Gasteiger partial charge in [0, 0.05) is 6.54 Å². The summed E-state index contributed by atoms with van der Waals surface area (Å²) < 4.78 is 5.13. The minimum Gasteiger partial charge on any atom is -0.497 e. The number of methoxy groups -OCH3 is 1. The maximum atomic E-state index is 12.1. The third kappa shape index (κ3) is 5.34. The van der Waals surface area contributed by atoms with Crippen LogP contribution in [0.15, 0.2) is 24.3 Å². The maximum absolute atomic E-state index is 12.1. The van der Waals surface area contributed by atoms with Crippen LogP contribution in [0.3, 0.4) is 0 Å². The lowest BCUT2D eigenvalue weighted by Crippen LogP contribution is -2.42. The first-order valence-corrected chi connectivity index (χ1v) is 8.35. The molecule has 1 fully saturated rings. The van der Waals surface area contributed by atoms with Gasteiger partial charge in [-0.3, -0.25) is 4.79 Å². The van der Waals surface area contributed by atoms with Crippen LogP contribution in [0.2, 0.25) is 0 Å². The van der Waals surface area contributed by atoms with Gasteiger partial charge in [-0.05, 0) is 36.5 Å². The summed E-state index contributed by atoms with van der Waals surface area (Å²) in [5, 5.41) is 2.95. The standard InChI is InChI=1S/C18H28N2O2/c1-22-16-9-7-14(8-10-16)11-12-20-18(21)17(19)13-15-5-3-2-4-6-15/h7-10,15,17H,2-6,11-13,19H2,1H3,(H,20,21). The average Bonchev–Trinajstić information content (AvgIpc) is 2.56. The van der Waals surface area contributed by atoms with Crippen molar-refractivity contribution in [2.24, 2.45) is 11.7 Å². The number of hydrogen-bond donors (Lipinski definition) is 2. The van der Waals surface area contributed by atoms with Gasteiger partial charge in [-0.2, -0.15) is 0 Å². The van der Waals surface area contributed by atoms with Crippen LogP contribution < -0.4 is 15.8 Å². The van der Waals surface area contributed by atoms with Crippen molar-refractivity contribution in [2.75, 3.05) is 13.7 Å². The SMILES string of the molecule is COc1ccc(CCNC(=O)C(N)CC2CCCCC2)cc1. The Kier molecular flexibility index (Phi) is 6.72. The van der Waals surface area contributed by atoms with Crippen molar-refractivity contribution in [1.82, 2.24) is 5.32 Å². The van der Waals surface area contributed by atoms with Crippen molar-refractivity contribution in [3.63, 3.8) is 0 Å². The molecule has 1 saturated carbocycles. The van der Waals surface area contributed by atoms with E-state index >= 15 is 0 Å². The van der Waals surface area contributed by atoms with Crippen LogP contribution in [0.5, 0.6) is 5.75 Å². The molecular formula is C18H28N2O2. The molecule has 0 radical (unpaired) electrons. The fourth-order valence-corrected chi connectivity index (χ4v) is 3.14. The molecule has 4 heteroatoms. The Morgan fingerprint density at radius 1 is 1.27 bits per heavy atom. The summed E-state index contributed by atoms with van der Waals surface area (Å²) in [6.07, 6.45) is 8.01. The van der Waals surface area contributed by atoms with Crippen LogP contribution in [0.4, 0.5) is 0 Å². The van der Waals surface area contributed by atoms with Crippen molar-refractivity contribution in [2.45, 2.75) is 51.0 Å². The fourth-order valence-electron chi connectivity index (χ4n) is 3.14. The van der Waals surface area contributed by atoms with E-state index in [1.54, 1.807) is 7.11 Å². The summed E-state index contributed by atoms with van der Waals surface area (Å²) >= 11 is 0. The molecule has 22 heavy (non-hydrogen) atoms. The molecule has 0 saturated heterocycles. The summed E-state index contributed by atoms with van der Waals surface area (Å²) in [7, 11) is 1.66. The molecule has 3 N–H and O–H groups in total. The van der Waals surface area contributed by atoms with Gasteiger partial charge in [-0.15, -0.1) is 0 Å². The summed E-state index contributed by atoms with van der Waals surface area (Å²) in [6.45, 7) is 0.629. The van der Waals surface area contributed by atoms with Crippen LogP contribution in [-0.2, 0) is 11.2 Å². The average molecular weight is 304 g/mol. The van der Waals surface area contributed by atoms with Gasteiger partial charge in [0.2, 0.25) is 5.91 Å². The van der Waals surface area contributed by atoms with E-state index in [1.807, 2.05) is 24.3 Å². The highest BCUT2D eigenvalue weighted by atomic mass is 16.5. The van der Waals surface area contributed by atoms with E-state index in [2.05, 4.69) is 5.32 Å². The zero-order valence-corrected chi connectivity index (χ0v) is 13.5. The lowest BCUT2D eigenvalue weighted by molar-refractivity contribution is -0.122. The highest BCUT2D eigenvalue weighted by Gasteiger charge is 2.20. The Morgan fingerprint density at radius 3 is 2.59 bits per heavy atom. The molecule has 0 aromatic heterocycles. The molecule has 122 valence electrons. The summed E-state index contributed by atoms with van der Waals surface area (Å²) in [5.41, 5.74) is 7.22. The third-order valence-electron chi connectivity index (χ3n) is 4.52. The van der Waals surface area contributed by atoms with Crippen molar-refractivity contribution in [3.05, 3.63) is 29.8 Å². The van der Waals surface area contributed by atoms with Gasteiger partial charge in [0.15, 0.2) is 0 Å². The number of hydrogen-bond acceptors (Lipinski definition) is 3. The number of rotatable bonds is 7. The number of ether oxygens (including phenoxy) is 1. The van der Waals surface area contributed by atoms with E-state index in [9.17, 15) is 4.79 Å². The van der Waals surface area contributed by atoms with Gasteiger partial charge in [-0.1, -0.05) is 44.2 Å². The topological polar surface area (TPSA) is 64.3 Å². The number of carbonyl (C=O) groups is 1. The van der Waals surface area contributed by atoms with Crippen LogP contribution in [0.25, 0.3) is 0 Å². The number of amides is 1.